The average Bonchev–Trinajstić information content (AvgIpc) is 2.80. The number of benzene rings is 1. The number of piperazine rings is 1. The van der Waals surface area contributed by atoms with Crippen molar-refractivity contribution in [3.05, 3.63) is 29.8 Å². The second-order valence-electron chi connectivity index (χ2n) is 5.73. The number of nitrogens with two attached hydrogens (primary N) is 1. The molecule has 0 saturated carbocycles. The molecule has 1 aromatic carbocycles. The van der Waals surface area contributed by atoms with Crippen molar-refractivity contribution in [3.63, 3.8) is 0 Å². The lowest BCUT2D eigenvalue weighted by molar-refractivity contribution is -0.130. The van der Waals surface area contributed by atoms with Crippen LogP contribution in [-0.4, -0.2) is 53.0 Å². The molecule has 2 aliphatic heterocycles. The van der Waals surface area contributed by atoms with Crippen LogP contribution in [0.5, 0.6) is 0 Å². The predicted octanol–water partition coefficient (Wildman–Crippen LogP) is 0.609. The van der Waals surface area contributed by atoms with Crippen LogP contribution in [0.3, 0.4) is 0 Å². The molecular weight excluding hydrogens is 254 g/mol. The number of rotatable bonds is 3. The number of hydrogen-bond acceptors (Lipinski definition) is 4. The number of nitrogen functional groups attached to an aromatic ring is 1. The van der Waals surface area contributed by atoms with Gasteiger partial charge in [-0.1, -0.05) is 12.1 Å². The molecule has 1 aromatic rings. The number of amides is 1. The Morgan fingerprint density at radius 3 is 3.05 bits per heavy atom. The SMILES string of the molecule is Nc1cccc(C(O)CN2CCN3C(=O)CCC3C2)c1. The molecule has 108 valence electrons. The summed E-state index contributed by atoms with van der Waals surface area (Å²) in [7, 11) is 0. The Balaban J connectivity index is 1.60. The van der Waals surface area contributed by atoms with Crippen molar-refractivity contribution >= 4 is 11.6 Å². The Labute approximate surface area is 119 Å². The van der Waals surface area contributed by atoms with Gasteiger partial charge in [-0.25, -0.2) is 0 Å². The maximum absolute atomic E-state index is 11.6. The minimum Gasteiger partial charge on any atom is -0.399 e. The monoisotopic (exact) mass is 275 g/mol. The van der Waals surface area contributed by atoms with Gasteiger partial charge in [0.15, 0.2) is 0 Å². The van der Waals surface area contributed by atoms with E-state index in [9.17, 15) is 9.90 Å². The number of β-amino-alcohol motifs (C(OH)–C–C–N with tert-alkyl or cyclic N) is 1. The number of aliphatic hydroxyl groups excluding tert-OH is 1. The summed E-state index contributed by atoms with van der Waals surface area (Å²) in [6.07, 6.45) is 1.10. The molecule has 5 heteroatoms. The molecule has 2 saturated heterocycles. The minimum atomic E-state index is -0.526. The number of hydrogen-bond donors (Lipinski definition) is 2. The van der Waals surface area contributed by atoms with Gasteiger partial charge in [0, 0.05) is 44.3 Å². The highest BCUT2D eigenvalue weighted by Crippen LogP contribution is 2.24. The van der Waals surface area contributed by atoms with Crippen LogP contribution in [-0.2, 0) is 4.79 Å². The van der Waals surface area contributed by atoms with Gasteiger partial charge in [-0.2, -0.15) is 0 Å². The van der Waals surface area contributed by atoms with Gasteiger partial charge in [0.2, 0.25) is 5.91 Å². The van der Waals surface area contributed by atoms with Gasteiger partial charge < -0.3 is 15.7 Å². The Morgan fingerprint density at radius 1 is 1.40 bits per heavy atom. The van der Waals surface area contributed by atoms with E-state index in [1.54, 1.807) is 0 Å². The van der Waals surface area contributed by atoms with Crippen molar-refractivity contribution in [1.82, 2.24) is 9.80 Å². The van der Waals surface area contributed by atoms with Crippen LogP contribution in [0, 0.1) is 0 Å². The molecule has 1 amide bonds. The van der Waals surface area contributed by atoms with Crippen molar-refractivity contribution < 1.29 is 9.90 Å². The van der Waals surface area contributed by atoms with Crippen LogP contribution in [0.4, 0.5) is 5.69 Å². The predicted molar refractivity (Wildman–Crippen MR) is 77.0 cm³/mol. The zero-order valence-electron chi connectivity index (χ0n) is 11.5. The lowest BCUT2D eigenvalue weighted by atomic mass is 10.1. The summed E-state index contributed by atoms with van der Waals surface area (Å²) >= 11 is 0. The number of fused-ring (bicyclic) bond motifs is 1. The van der Waals surface area contributed by atoms with Gasteiger partial charge in [-0.15, -0.1) is 0 Å². The summed E-state index contributed by atoms with van der Waals surface area (Å²) in [6, 6.07) is 7.74. The Hall–Kier alpha value is -1.59. The molecule has 3 N–H and O–H groups in total. The molecule has 2 aliphatic rings. The Morgan fingerprint density at radius 2 is 2.25 bits per heavy atom. The fourth-order valence-electron chi connectivity index (χ4n) is 3.21. The zero-order valence-corrected chi connectivity index (χ0v) is 11.5. The number of aliphatic hydroxyl groups is 1. The summed E-state index contributed by atoms with van der Waals surface area (Å²) in [5, 5.41) is 10.3. The lowest BCUT2D eigenvalue weighted by Gasteiger charge is -2.38. The highest BCUT2D eigenvalue weighted by Gasteiger charge is 2.35. The molecule has 2 unspecified atom stereocenters. The first-order valence-electron chi connectivity index (χ1n) is 7.19. The second-order valence-corrected chi connectivity index (χ2v) is 5.73. The molecule has 2 atom stereocenters. The van der Waals surface area contributed by atoms with Crippen LogP contribution in [0.25, 0.3) is 0 Å². The normalized spacial score (nSPS) is 24.8. The largest absolute Gasteiger partial charge is 0.399 e. The maximum atomic E-state index is 11.6. The molecule has 0 spiro atoms. The maximum Gasteiger partial charge on any atom is 0.222 e. The van der Waals surface area contributed by atoms with Crippen LogP contribution in [0.2, 0.25) is 0 Å². The zero-order chi connectivity index (χ0) is 14.1. The lowest BCUT2D eigenvalue weighted by Crippen LogP contribution is -2.52. The van der Waals surface area contributed by atoms with E-state index in [1.807, 2.05) is 29.2 Å². The first-order valence-corrected chi connectivity index (χ1v) is 7.19. The van der Waals surface area contributed by atoms with E-state index >= 15 is 0 Å². The van der Waals surface area contributed by atoms with E-state index in [4.69, 9.17) is 5.73 Å². The number of carbonyl (C=O) groups is 1. The van der Waals surface area contributed by atoms with Crippen LogP contribution < -0.4 is 5.73 Å². The van der Waals surface area contributed by atoms with Gasteiger partial charge in [0.05, 0.1) is 6.10 Å². The van der Waals surface area contributed by atoms with Crippen LogP contribution in [0.15, 0.2) is 24.3 Å². The summed E-state index contributed by atoms with van der Waals surface area (Å²) in [5.41, 5.74) is 7.28. The smallest absolute Gasteiger partial charge is 0.222 e. The van der Waals surface area contributed by atoms with Gasteiger partial charge in [0.25, 0.3) is 0 Å². The summed E-state index contributed by atoms with van der Waals surface area (Å²) in [6.45, 7) is 3.09. The van der Waals surface area contributed by atoms with Gasteiger partial charge in [-0.05, 0) is 24.1 Å². The van der Waals surface area contributed by atoms with E-state index in [-0.39, 0.29) is 5.91 Å². The van der Waals surface area contributed by atoms with Gasteiger partial charge in [0.1, 0.15) is 0 Å². The third kappa shape index (κ3) is 2.64. The molecule has 5 nitrogen and oxygen atoms in total. The van der Waals surface area contributed by atoms with Gasteiger partial charge >= 0.3 is 0 Å². The Kier molecular flexibility index (Phi) is 3.63. The first kappa shape index (κ1) is 13.4. The van der Waals surface area contributed by atoms with Crippen molar-refractivity contribution in [2.45, 2.75) is 25.0 Å². The second kappa shape index (κ2) is 5.42. The number of carbonyl (C=O) groups excluding carboxylic acids is 1. The molecule has 20 heavy (non-hydrogen) atoms. The number of anilines is 1. The van der Waals surface area contributed by atoms with Crippen molar-refractivity contribution in [3.8, 4) is 0 Å². The molecule has 0 aliphatic carbocycles. The fourth-order valence-corrected chi connectivity index (χ4v) is 3.21. The third-order valence-corrected chi connectivity index (χ3v) is 4.31. The highest BCUT2D eigenvalue weighted by atomic mass is 16.3. The molecule has 3 rings (SSSR count). The first-order chi connectivity index (χ1) is 9.63. The van der Waals surface area contributed by atoms with Crippen molar-refractivity contribution in [2.75, 3.05) is 31.9 Å². The van der Waals surface area contributed by atoms with Crippen LogP contribution >= 0.6 is 0 Å². The quantitative estimate of drug-likeness (QED) is 0.793. The van der Waals surface area contributed by atoms with E-state index in [0.29, 0.717) is 24.7 Å². The van der Waals surface area contributed by atoms with E-state index in [0.717, 1.165) is 31.6 Å². The summed E-state index contributed by atoms with van der Waals surface area (Å²) in [4.78, 5) is 15.9. The molecule has 0 radical (unpaired) electrons. The van der Waals surface area contributed by atoms with Crippen LogP contribution in [0.1, 0.15) is 24.5 Å². The molecule has 2 fully saturated rings. The molecule has 0 bridgehead atoms. The topological polar surface area (TPSA) is 69.8 Å². The molecular formula is C15H21N3O2. The van der Waals surface area contributed by atoms with Crippen molar-refractivity contribution in [2.24, 2.45) is 0 Å². The molecule has 0 aromatic heterocycles. The molecule has 2 heterocycles. The van der Waals surface area contributed by atoms with Crippen molar-refractivity contribution in [1.29, 1.82) is 0 Å². The minimum absolute atomic E-state index is 0.283. The summed E-state index contributed by atoms with van der Waals surface area (Å²) < 4.78 is 0. The third-order valence-electron chi connectivity index (χ3n) is 4.31. The summed E-state index contributed by atoms with van der Waals surface area (Å²) in [5.74, 6) is 0.283. The highest BCUT2D eigenvalue weighted by molar-refractivity contribution is 5.78. The number of nitrogens with zero attached hydrogens (tertiary/aromatic N) is 2. The Bertz CT molecular complexity index is 506. The van der Waals surface area contributed by atoms with E-state index < -0.39 is 6.10 Å². The van der Waals surface area contributed by atoms with Gasteiger partial charge in [-0.3, -0.25) is 9.69 Å². The van der Waals surface area contributed by atoms with E-state index in [1.165, 1.54) is 0 Å². The fraction of sp³-hybridized carbons (Fsp3) is 0.533. The van der Waals surface area contributed by atoms with E-state index in [2.05, 4.69) is 4.90 Å². The standard InChI is InChI=1S/C15H21N3O2/c16-12-3-1-2-11(8-12)14(19)10-17-6-7-18-13(9-17)4-5-15(18)20/h1-3,8,13-14,19H,4-7,9-10,16H2. The average molecular weight is 275 g/mol.